The van der Waals surface area contributed by atoms with Gasteiger partial charge in [0, 0.05) is 6.54 Å². The zero-order valence-corrected chi connectivity index (χ0v) is 12.5. The number of hydrogen-bond donors (Lipinski definition) is 2. The first-order chi connectivity index (χ1) is 10.2. The summed E-state index contributed by atoms with van der Waals surface area (Å²) >= 11 is 0. The number of fused-ring (bicyclic) bond motifs is 2. The van der Waals surface area contributed by atoms with Gasteiger partial charge in [-0.25, -0.2) is 0 Å². The summed E-state index contributed by atoms with van der Waals surface area (Å²) < 4.78 is 0. The van der Waals surface area contributed by atoms with Crippen LogP contribution in [0.1, 0.15) is 44.9 Å². The first kappa shape index (κ1) is 14.6. The lowest BCUT2D eigenvalue weighted by Gasteiger charge is -2.24. The molecular formula is C17H25NO3. The third-order valence-electron chi connectivity index (χ3n) is 5.61. The van der Waals surface area contributed by atoms with E-state index in [0.717, 1.165) is 18.8 Å². The van der Waals surface area contributed by atoms with Crippen LogP contribution < -0.4 is 5.32 Å². The molecule has 0 heterocycles. The summed E-state index contributed by atoms with van der Waals surface area (Å²) in [5.41, 5.74) is 0. The second-order valence-corrected chi connectivity index (χ2v) is 6.92. The fraction of sp³-hybridized carbons (Fsp3) is 0.765. The molecule has 0 radical (unpaired) electrons. The van der Waals surface area contributed by atoms with Gasteiger partial charge in [-0.3, -0.25) is 9.59 Å². The second-order valence-electron chi connectivity index (χ2n) is 6.92. The highest BCUT2D eigenvalue weighted by molar-refractivity contribution is 5.86. The number of allylic oxidation sites excluding steroid dienone is 2. The molecule has 4 atom stereocenters. The molecule has 0 aromatic carbocycles. The second kappa shape index (κ2) is 6.20. The Kier molecular flexibility index (Phi) is 4.32. The van der Waals surface area contributed by atoms with E-state index in [1.807, 2.05) is 12.2 Å². The summed E-state index contributed by atoms with van der Waals surface area (Å²) in [5.74, 6) is -0.714. The molecule has 0 saturated heterocycles. The molecule has 3 aliphatic rings. The summed E-state index contributed by atoms with van der Waals surface area (Å²) in [6.45, 7) is 0.694. The minimum absolute atomic E-state index is 0.0503. The molecule has 21 heavy (non-hydrogen) atoms. The Bertz CT molecular complexity index is 439. The fourth-order valence-corrected chi connectivity index (χ4v) is 4.54. The van der Waals surface area contributed by atoms with Crippen molar-refractivity contribution in [1.82, 2.24) is 5.32 Å². The lowest BCUT2D eigenvalue weighted by Crippen LogP contribution is -2.40. The molecule has 3 aliphatic carbocycles. The van der Waals surface area contributed by atoms with Gasteiger partial charge in [-0.2, -0.15) is 0 Å². The van der Waals surface area contributed by atoms with Crippen LogP contribution in [0.15, 0.2) is 12.2 Å². The first-order valence-electron chi connectivity index (χ1n) is 8.35. The zero-order valence-electron chi connectivity index (χ0n) is 12.5. The number of nitrogens with one attached hydrogen (secondary N) is 1. The highest BCUT2D eigenvalue weighted by Gasteiger charge is 2.51. The Morgan fingerprint density at radius 1 is 1.10 bits per heavy atom. The van der Waals surface area contributed by atoms with E-state index in [1.54, 1.807) is 0 Å². The lowest BCUT2D eigenvalue weighted by atomic mass is 9.82. The van der Waals surface area contributed by atoms with Crippen molar-refractivity contribution in [2.75, 3.05) is 6.54 Å². The molecule has 0 aromatic heterocycles. The third-order valence-corrected chi connectivity index (χ3v) is 5.61. The van der Waals surface area contributed by atoms with Crippen LogP contribution in [0, 0.1) is 29.6 Å². The van der Waals surface area contributed by atoms with Crippen LogP contribution in [0.4, 0.5) is 0 Å². The van der Waals surface area contributed by atoms with Crippen molar-refractivity contribution >= 4 is 11.9 Å². The Balaban J connectivity index is 1.46. The van der Waals surface area contributed by atoms with Crippen LogP contribution in [-0.4, -0.2) is 23.5 Å². The molecule has 0 aromatic rings. The Labute approximate surface area is 126 Å². The molecule has 2 fully saturated rings. The highest BCUT2D eigenvalue weighted by atomic mass is 16.4. The Hall–Kier alpha value is -1.32. The van der Waals surface area contributed by atoms with E-state index in [0.29, 0.717) is 6.54 Å². The van der Waals surface area contributed by atoms with Crippen LogP contribution in [0.3, 0.4) is 0 Å². The summed E-state index contributed by atoms with van der Waals surface area (Å²) in [6.07, 6.45) is 12.4. The maximum Gasteiger partial charge on any atom is 0.307 e. The summed E-state index contributed by atoms with van der Waals surface area (Å²) in [7, 11) is 0. The topological polar surface area (TPSA) is 66.4 Å². The Morgan fingerprint density at radius 2 is 1.76 bits per heavy atom. The first-order valence-corrected chi connectivity index (χ1v) is 8.35. The van der Waals surface area contributed by atoms with Crippen molar-refractivity contribution in [3.05, 3.63) is 12.2 Å². The average molecular weight is 291 g/mol. The third kappa shape index (κ3) is 2.99. The van der Waals surface area contributed by atoms with Crippen LogP contribution in [0.5, 0.6) is 0 Å². The predicted molar refractivity (Wildman–Crippen MR) is 79.6 cm³/mol. The Morgan fingerprint density at radius 3 is 2.43 bits per heavy atom. The molecule has 4 nitrogen and oxygen atoms in total. The normalized spacial score (nSPS) is 34.5. The molecule has 4 heteroatoms. The molecule has 1 amide bonds. The van der Waals surface area contributed by atoms with Crippen LogP contribution in [0.2, 0.25) is 0 Å². The maximum absolute atomic E-state index is 12.3. The van der Waals surface area contributed by atoms with Crippen LogP contribution >= 0.6 is 0 Å². The van der Waals surface area contributed by atoms with Gasteiger partial charge in [-0.1, -0.05) is 37.8 Å². The average Bonchev–Trinajstić information content (AvgIpc) is 3.18. The van der Waals surface area contributed by atoms with E-state index in [4.69, 9.17) is 0 Å². The van der Waals surface area contributed by atoms with Gasteiger partial charge in [0.05, 0.1) is 11.8 Å². The SMILES string of the molecule is O=C(O)C1C2C=CC(C2)C1C(=O)NCCCC1CCCC1. The van der Waals surface area contributed by atoms with Crippen molar-refractivity contribution < 1.29 is 14.7 Å². The van der Waals surface area contributed by atoms with Gasteiger partial charge in [0.2, 0.25) is 5.91 Å². The molecule has 4 unspecified atom stereocenters. The van der Waals surface area contributed by atoms with E-state index < -0.39 is 11.9 Å². The molecule has 116 valence electrons. The van der Waals surface area contributed by atoms with Gasteiger partial charge in [-0.05, 0) is 37.0 Å². The fourth-order valence-electron chi connectivity index (χ4n) is 4.54. The number of amides is 1. The van der Waals surface area contributed by atoms with E-state index in [1.165, 1.54) is 32.1 Å². The van der Waals surface area contributed by atoms with Crippen molar-refractivity contribution in [3.63, 3.8) is 0 Å². The van der Waals surface area contributed by atoms with Gasteiger partial charge in [-0.15, -0.1) is 0 Å². The molecule has 3 rings (SSSR count). The van der Waals surface area contributed by atoms with Crippen LogP contribution in [0.25, 0.3) is 0 Å². The molecule has 2 saturated carbocycles. The monoisotopic (exact) mass is 291 g/mol. The summed E-state index contributed by atoms with van der Waals surface area (Å²) in [4.78, 5) is 23.7. The number of hydrogen-bond acceptors (Lipinski definition) is 2. The van der Waals surface area contributed by atoms with Crippen molar-refractivity contribution in [2.45, 2.75) is 44.9 Å². The van der Waals surface area contributed by atoms with Crippen molar-refractivity contribution in [2.24, 2.45) is 29.6 Å². The van der Waals surface area contributed by atoms with Gasteiger partial charge < -0.3 is 10.4 Å². The zero-order chi connectivity index (χ0) is 14.8. The van der Waals surface area contributed by atoms with Crippen molar-refractivity contribution in [3.8, 4) is 0 Å². The summed E-state index contributed by atoms with van der Waals surface area (Å²) in [6, 6.07) is 0. The predicted octanol–water partition coefficient (Wildman–Crippen LogP) is 2.60. The summed E-state index contributed by atoms with van der Waals surface area (Å²) in [5, 5.41) is 12.3. The van der Waals surface area contributed by atoms with E-state index in [9.17, 15) is 14.7 Å². The number of aliphatic carboxylic acids is 1. The van der Waals surface area contributed by atoms with Gasteiger partial charge in [0.25, 0.3) is 0 Å². The van der Waals surface area contributed by atoms with Gasteiger partial charge >= 0.3 is 5.97 Å². The molecule has 2 bridgehead atoms. The standard InChI is InChI=1S/C17H25NO3/c19-16(18-9-3-6-11-4-1-2-5-11)14-12-7-8-13(10-12)15(14)17(20)21/h7-8,11-15H,1-6,9-10H2,(H,18,19)(H,20,21). The minimum Gasteiger partial charge on any atom is -0.481 e. The molecule has 0 spiro atoms. The molecule has 0 aliphatic heterocycles. The molecule has 2 N–H and O–H groups in total. The number of rotatable bonds is 6. The van der Waals surface area contributed by atoms with E-state index in [2.05, 4.69) is 5.32 Å². The minimum atomic E-state index is -0.821. The lowest BCUT2D eigenvalue weighted by molar-refractivity contribution is -0.147. The maximum atomic E-state index is 12.3. The van der Waals surface area contributed by atoms with E-state index in [-0.39, 0.29) is 23.7 Å². The van der Waals surface area contributed by atoms with Crippen molar-refractivity contribution in [1.29, 1.82) is 0 Å². The van der Waals surface area contributed by atoms with E-state index >= 15 is 0 Å². The largest absolute Gasteiger partial charge is 0.481 e. The number of carboxylic acids is 1. The van der Waals surface area contributed by atoms with Gasteiger partial charge in [0.1, 0.15) is 0 Å². The van der Waals surface area contributed by atoms with Gasteiger partial charge in [0.15, 0.2) is 0 Å². The van der Waals surface area contributed by atoms with Crippen LogP contribution in [-0.2, 0) is 9.59 Å². The number of carboxylic acid groups (broad SMARTS) is 1. The molecular weight excluding hydrogens is 266 g/mol. The quantitative estimate of drug-likeness (QED) is 0.584. The number of carbonyl (C=O) groups is 2. The smallest absolute Gasteiger partial charge is 0.307 e. The highest BCUT2D eigenvalue weighted by Crippen LogP contribution is 2.48. The number of carbonyl (C=O) groups excluding carboxylic acids is 1.